The maximum absolute atomic E-state index is 12.5. The predicted octanol–water partition coefficient (Wildman–Crippen LogP) is 2.51. The Labute approximate surface area is 198 Å². The van der Waals surface area contributed by atoms with E-state index in [1.54, 1.807) is 24.1 Å². The average Bonchev–Trinajstić information content (AvgIpc) is 2.87. The minimum absolute atomic E-state index is 0.0464. The van der Waals surface area contributed by atoms with Crippen molar-refractivity contribution >= 4 is 28.5 Å². The maximum atomic E-state index is 12.5. The molecule has 1 aliphatic heterocycles. The molecular formula is C26H29N3O5. The zero-order chi connectivity index (χ0) is 24.1. The predicted molar refractivity (Wildman–Crippen MR) is 130 cm³/mol. The van der Waals surface area contributed by atoms with Crippen LogP contribution in [0.4, 0.5) is 5.69 Å². The number of para-hydroxylation sites is 1. The van der Waals surface area contributed by atoms with Crippen molar-refractivity contribution < 1.29 is 18.7 Å². The third-order valence-electron chi connectivity index (χ3n) is 6.29. The third kappa shape index (κ3) is 5.22. The summed E-state index contributed by atoms with van der Waals surface area (Å²) in [5.41, 5.74) is 2.40. The Hall–Kier alpha value is -3.81. The van der Waals surface area contributed by atoms with Crippen molar-refractivity contribution in [2.75, 3.05) is 44.7 Å². The number of carbonyl (C=O) groups excluding carboxylic acids is 2. The minimum atomic E-state index is -0.460. The highest BCUT2D eigenvalue weighted by Crippen LogP contribution is 2.24. The van der Waals surface area contributed by atoms with Crippen molar-refractivity contribution in [3.8, 4) is 5.75 Å². The molecule has 0 aliphatic carbocycles. The Morgan fingerprint density at radius 2 is 1.79 bits per heavy atom. The lowest BCUT2D eigenvalue weighted by atomic mass is 10.0. The van der Waals surface area contributed by atoms with Crippen molar-refractivity contribution in [3.63, 3.8) is 0 Å². The molecule has 0 atom stereocenters. The zero-order valence-electron chi connectivity index (χ0n) is 19.5. The number of ether oxygens (including phenoxy) is 1. The van der Waals surface area contributed by atoms with Crippen LogP contribution in [0, 0.1) is 6.92 Å². The second-order valence-electron chi connectivity index (χ2n) is 8.34. The molecule has 1 N–H and O–H groups in total. The molecule has 0 radical (unpaired) electrons. The first kappa shape index (κ1) is 23.4. The van der Waals surface area contributed by atoms with Gasteiger partial charge in [0.05, 0.1) is 13.7 Å². The number of nitrogens with one attached hydrogen (secondary N) is 1. The lowest BCUT2D eigenvalue weighted by molar-refractivity contribution is -0.133. The topological polar surface area (TPSA) is 92.1 Å². The molecule has 178 valence electrons. The Morgan fingerprint density at radius 3 is 2.50 bits per heavy atom. The van der Waals surface area contributed by atoms with E-state index < -0.39 is 5.63 Å². The Bertz CT molecular complexity index is 1230. The van der Waals surface area contributed by atoms with E-state index in [1.165, 1.54) is 0 Å². The summed E-state index contributed by atoms with van der Waals surface area (Å²) < 4.78 is 10.6. The van der Waals surface area contributed by atoms with Crippen LogP contribution in [0.1, 0.15) is 17.5 Å². The fraction of sp³-hybridized carbons (Fsp3) is 0.346. The van der Waals surface area contributed by atoms with E-state index in [9.17, 15) is 14.4 Å². The van der Waals surface area contributed by atoms with Crippen LogP contribution in [0.25, 0.3) is 11.0 Å². The van der Waals surface area contributed by atoms with E-state index in [0.717, 1.165) is 29.7 Å². The summed E-state index contributed by atoms with van der Waals surface area (Å²) >= 11 is 0. The molecule has 1 aliphatic rings. The van der Waals surface area contributed by atoms with E-state index in [2.05, 4.69) is 22.3 Å². The van der Waals surface area contributed by atoms with Gasteiger partial charge in [-0.05, 0) is 43.2 Å². The van der Waals surface area contributed by atoms with Gasteiger partial charge in [0.25, 0.3) is 0 Å². The first-order chi connectivity index (χ1) is 16.5. The summed E-state index contributed by atoms with van der Waals surface area (Å²) in [6.45, 7) is 4.55. The van der Waals surface area contributed by atoms with Crippen LogP contribution in [0.15, 0.2) is 57.7 Å². The number of methoxy groups -OCH3 is 1. The van der Waals surface area contributed by atoms with Gasteiger partial charge in [0.15, 0.2) is 0 Å². The summed E-state index contributed by atoms with van der Waals surface area (Å²) in [5.74, 6) is 0.231. The van der Waals surface area contributed by atoms with Crippen molar-refractivity contribution in [1.29, 1.82) is 0 Å². The molecule has 0 unspecified atom stereocenters. The van der Waals surface area contributed by atoms with Gasteiger partial charge in [0.2, 0.25) is 11.8 Å². The summed E-state index contributed by atoms with van der Waals surface area (Å²) in [7, 11) is 1.55. The zero-order valence-corrected chi connectivity index (χ0v) is 19.5. The van der Waals surface area contributed by atoms with Crippen molar-refractivity contribution in [3.05, 3.63) is 70.1 Å². The molecule has 34 heavy (non-hydrogen) atoms. The first-order valence-electron chi connectivity index (χ1n) is 11.4. The number of benzene rings is 2. The van der Waals surface area contributed by atoms with Crippen LogP contribution in [0.5, 0.6) is 5.75 Å². The number of nitrogens with zero attached hydrogens (tertiary/aromatic N) is 2. The number of rotatable bonds is 7. The number of anilines is 1. The molecule has 1 saturated heterocycles. The van der Waals surface area contributed by atoms with E-state index in [0.29, 0.717) is 30.0 Å². The summed E-state index contributed by atoms with van der Waals surface area (Å²) in [4.78, 5) is 41.4. The van der Waals surface area contributed by atoms with E-state index in [1.807, 2.05) is 31.2 Å². The number of aryl methyl sites for hydroxylation is 1. The Balaban J connectivity index is 1.27. The maximum Gasteiger partial charge on any atom is 0.339 e. The number of hydrogen-bond donors (Lipinski definition) is 1. The quantitative estimate of drug-likeness (QED) is 0.542. The fourth-order valence-corrected chi connectivity index (χ4v) is 4.26. The normalized spacial score (nSPS) is 13.7. The van der Waals surface area contributed by atoms with Gasteiger partial charge in [0, 0.05) is 55.3 Å². The van der Waals surface area contributed by atoms with E-state index in [4.69, 9.17) is 9.15 Å². The van der Waals surface area contributed by atoms with Crippen LogP contribution >= 0.6 is 0 Å². The molecule has 4 rings (SSSR count). The van der Waals surface area contributed by atoms with Gasteiger partial charge in [-0.1, -0.05) is 18.2 Å². The second kappa shape index (κ2) is 10.4. The largest absolute Gasteiger partial charge is 0.497 e. The van der Waals surface area contributed by atoms with Gasteiger partial charge < -0.3 is 24.3 Å². The molecule has 8 heteroatoms. The molecule has 1 fully saturated rings. The first-order valence-corrected chi connectivity index (χ1v) is 11.4. The van der Waals surface area contributed by atoms with Crippen molar-refractivity contribution in [2.24, 2.45) is 0 Å². The summed E-state index contributed by atoms with van der Waals surface area (Å²) in [6, 6.07) is 15.4. The monoisotopic (exact) mass is 463 g/mol. The minimum Gasteiger partial charge on any atom is -0.497 e. The highest BCUT2D eigenvalue weighted by molar-refractivity contribution is 5.85. The van der Waals surface area contributed by atoms with Gasteiger partial charge in [-0.25, -0.2) is 4.79 Å². The van der Waals surface area contributed by atoms with Gasteiger partial charge >= 0.3 is 5.63 Å². The van der Waals surface area contributed by atoms with Crippen LogP contribution < -0.4 is 20.6 Å². The molecule has 0 bridgehead atoms. The van der Waals surface area contributed by atoms with Crippen LogP contribution in [0.3, 0.4) is 0 Å². The lowest BCUT2D eigenvalue weighted by Crippen LogP contribution is -2.51. The highest BCUT2D eigenvalue weighted by atomic mass is 16.5. The van der Waals surface area contributed by atoms with E-state index >= 15 is 0 Å². The standard InChI is InChI=1S/C26H29N3O5/c1-18-21-9-8-20(33-2)16-23(21)34-26(32)22(18)10-11-24(30)27-17-25(31)29-14-12-28(13-15-29)19-6-4-3-5-7-19/h3-9,16H,10-15,17H2,1-2H3,(H,27,30). The van der Waals surface area contributed by atoms with Crippen LogP contribution in [0.2, 0.25) is 0 Å². The molecular weight excluding hydrogens is 434 g/mol. The summed E-state index contributed by atoms with van der Waals surface area (Å²) in [6.07, 6.45) is 0.342. The number of piperazine rings is 1. The van der Waals surface area contributed by atoms with Gasteiger partial charge in [-0.15, -0.1) is 0 Å². The SMILES string of the molecule is COc1ccc2c(C)c(CCC(=O)NCC(=O)N3CCN(c4ccccc4)CC3)c(=O)oc2c1. The molecule has 0 spiro atoms. The van der Waals surface area contributed by atoms with Gasteiger partial charge in [0.1, 0.15) is 11.3 Å². The molecule has 2 heterocycles. The highest BCUT2D eigenvalue weighted by Gasteiger charge is 2.21. The molecule has 2 aromatic carbocycles. The molecule has 1 aromatic heterocycles. The van der Waals surface area contributed by atoms with Crippen molar-refractivity contribution in [1.82, 2.24) is 10.2 Å². The van der Waals surface area contributed by atoms with E-state index in [-0.39, 0.29) is 31.2 Å². The van der Waals surface area contributed by atoms with Crippen molar-refractivity contribution in [2.45, 2.75) is 19.8 Å². The van der Waals surface area contributed by atoms with Gasteiger partial charge in [-0.3, -0.25) is 9.59 Å². The fourth-order valence-electron chi connectivity index (χ4n) is 4.26. The number of amides is 2. The third-order valence-corrected chi connectivity index (χ3v) is 6.29. The van der Waals surface area contributed by atoms with Crippen LogP contribution in [-0.2, 0) is 16.0 Å². The Kier molecular flexibility index (Phi) is 7.15. The molecule has 8 nitrogen and oxygen atoms in total. The molecule has 3 aromatic rings. The average molecular weight is 464 g/mol. The summed E-state index contributed by atoms with van der Waals surface area (Å²) in [5, 5.41) is 3.50. The number of fused-ring (bicyclic) bond motifs is 1. The number of hydrogen-bond acceptors (Lipinski definition) is 6. The van der Waals surface area contributed by atoms with Gasteiger partial charge in [-0.2, -0.15) is 0 Å². The smallest absolute Gasteiger partial charge is 0.339 e. The number of carbonyl (C=O) groups is 2. The van der Waals surface area contributed by atoms with Crippen LogP contribution in [-0.4, -0.2) is 56.5 Å². The second-order valence-corrected chi connectivity index (χ2v) is 8.34. The Morgan fingerprint density at radius 1 is 1.06 bits per heavy atom. The molecule has 0 saturated carbocycles. The lowest BCUT2D eigenvalue weighted by Gasteiger charge is -2.36. The molecule has 2 amide bonds.